The summed E-state index contributed by atoms with van der Waals surface area (Å²) in [5.74, 6) is 1.18. The summed E-state index contributed by atoms with van der Waals surface area (Å²) in [5.41, 5.74) is -0.214. The minimum Gasteiger partial charge on any atom is -0.496 e. The molecular formula is C29H36N4O6. The molecule has 2 amide bonds. The summed E-state index contributed by atoms with van der Waals surface area (Å²) >= 11 is 0. The molecule has 0 aliphatic carbocycles. The fourth-order valence-corrected chi connectivity index (χ4v) is 5.82. The lowest BCUT2D eigenvalue weighted by Crippen LogP contribution is -2.62. The number of ether oxygens (including phenoxy) is 3. The normalized spacial score (nSPS) is 25.4. The predicted molar refractivity (Wildman–Crippen MR) is 144 cm³/mol. The summed E-state index contributed by atoms with van der Waals surface area (Å²) in [7, 11) is 1.53. The summed E-state index contributed by atoms with van der Waals surface area (Å²) in [6, 6.07) is 9.20. The summed E-state index contributed by atoms with van der Waals surface area (Å²) in [6.45, 7) is 6.05. The van der Waals surface area contributed by atoms with Crippen LogP contribution in [0.4, 0.5) is 0 Å². The van der Waals surface area contributed by atoms with Gasteiger partial charge in [0.15, 0.2) is 5.96 Å². The van der Waals surface area contributed by atoms with E-state index < -0.39 is 29.1 Å². The average molecular weight is 537 g/mol. The zero-order chi connectivity index (χ0) is 27.9. The number of aliphatic hydroxyl groups is 1. The Morgan fingerprint density at radius 2 is 2.00 bits per heavy atom. The highest BCUT2D eigenvalue weighted by molar-refractivity contribution is 6.00. The van der Waals surface area contributed by atoms with Gasteiger partial charge >= 0.3 is 0 Å². The van der Waals surface area contributed by atoms with Crippen molar-refractivity contribution >= 4 is 17.8 Å². The number of amides is 2. The number of rotatable bonds is 6. The van der Waals surface area contributed by atoms with Crippen molar-refractivity contribution in [3.05, 3.63) is 53.1 Å². The molecule has 4 N–H and O–H groups in total. The van der Waals surface area contributed by atoms with Gasteiger partial charge in [0.1, 0.15) is 29.5 Å². The van der Waals surface area contributed by atoms with E-state index in [1.54, 1.807) is 43.3 Å². The number of hydrogen-bond donors (Lipinski definition) is 4. The van der Waals surface area contributed by atoms with Crippen LogP contribution in [0.25, 0.3) is 0 Å². The first-order valence-corrected chi connectivity index (χ1v) is 13.4. The summed E-state index contributed by atoms with van der Waals surface area (Å²) in [4.78, 5) is 28.4. The van der Waals surface area contributed by atoms with Crippen molar-refractivity contribution in [2.75, 3.05) is 20.3 Å². The Morgan fingerprint density at radius 1 is 1.23 bits per heavy atom. The van der Waals surface area contributed by atoms with Gasteiger partial charge in [0, 0.05) is 23.1 Å². The van der Waals surface area contributed by atoms with E-state index >= 15 is 0 Å². The van der Waals surface area contributed by atoms with E-state index in [2.05, 4.69) is 10.6 Å². The number of hydrogen-bond acceptors (Lipinski definition) is 7. The van der Waals surface area contributed by atoms with Crippen LogP contribution >= 0.6 is 0 Å². The molecule has 3 aliphatic rings. The molecule has 0 saturated carbocycles. The van der Waals surface area contributed by atoms with Gasteiger partial charge in [-0.05, 0) is 50.1 Å². The largest absolute Gasteiger partial charge is 0.496 e. The molecular weight excluding hydrogens is 500 g/mol. The van der Waals surface area contributed by atoms with E-state index in [0.29, 0.717) is 53.4 Å². The molecule has 2 unspecified atom stereocenters. The van der Waals surface area contributed by atoms with E-state index in [0.717, 1.165) is 12.8 Å². The highest BCUT2D eigenvalue weighted by Crippen LogP contribution is 2.44. The second kappa shape index (κ2) is 10.1. The second-order valence-electron chi connectivity index (χ2n) is 10.7. The number of methoxy groups -OCH3 is 1. The van der Waals surface area contributed by atoms with Crippen LogP contribution in [0.1, 0.15) is 80.0 Å². The molecule has 0 radical (unpaired) electrons. The fourth-order valence-electron chi connectivity index (χ4n) is 5.82. The van der Waals surface area contributed by atoms with Gasteiger partial charge in [0.05, 0.1) is 37.8 Å². The molecule has 5 rings (SSSR count). The Bertz CT molecular complexity index is 1270. The first-order chi connectivity index (χ1) is 18.6. The van der Waals surface area contributed by atoms with Crippen molar-refractivity contribution < 1.29 is 28.9 Å². The van der Waals surface area contributed by atoms with Crippen LogP contribution in [-0.2, 0) is 4.79 Å². The van der Waals surface area contributed by atoms with Crippen LogP contribution in [0.15, 0.2) is 36.4 Å². The zero-order valence-electron chi connectivity index (χ0n) is 22.8. The molecule has 1 fully saturated rings. The van der Waals surface area contributed by atoms with Crippen molar-refractivity contribution in [1.29, 1.82) is 5.41 Å². The first-order valence-electron chi connectivity index (χ1n) is 13.4. The van der Waals surface area contributed by atoms with Crippen LogP contribution in [0.5, 0.6) is 17.2 Å². The minimum absolute atomic E-state index is 0.00140. The highest BCUT2D eigenvalue weighted by Gasteiger charge is 2.45. The second-order valence-corrected chi connectivity index (χ2v) is 10.7. The van der Waals surface area contributed by atoms with Gasteiger partial charge < -0.3 is 30.0 Å². The molecule has 3 atom stereocenters. The standard InChI is InChI=1S/C29H36N4O6/c1-5-29(6-2)15-23(34)33(27(30)32-29)19-12-13-38-20-11-10-17(14-18(19)20)26(35)31-25-24-21(37-4)8-7-9-22(24)39-16-28(25,3)36/h7-11,14,19,25,36H,5-6,12-13,15-16H2,1-4H3,(H2,30,32)(H,31,35)/t19-,25?,28?/m1/s1. The summed E-state index contributed by atoms with van der Waals surface area (Å²) in [5, 5.41) is 26.1. The minimum atomic E-state index is -1.39. The lowest BCUT2D eigenvalue weighted by Gasteiger charge is -2.45. The molecule has 10 nitrogen and oxygen atoms in total. The number of guanidine groups is 1. The molecule has 2 aromatic rings. The SMILES string of the molecule is CCC1(CC)CC(=O)N([C@@H]2CCOc3ccc(C(=O)NC4c5c(OC)cccc5OCC4(C)O)cc32)C(=N)N1. The van der Waals surface area contributed by atoms with E-state index in [9.17, 15) is 14.7 Å². The molecule has 2 aromatic carbocycles. The number of carbonyl (C=O) groups is 2. The molecule has 0 bridgehead atoms. The van der Waals surface area contributed by atoms with Gasteiger partial charge in [-0.15, -0.1) is 0 Å². The molecule has 208 valence electrons. The zero-order valence-corrected chi connectivity index (χ0v) is 22.8. The van der Waals surface area contributed by atoms with E-state index in [4.69, 9.17) is 19.6 Å². The molecule has 10 heteroatoms. The summed E-state index contributed by atoms with van der Waals surface area (Å²) < 4.78 is 17.1. The van der Waals surface area contributed by atoms with Crippen molar-refractivity contribution in [3.8, 4) is 17.2 Å². The van der Waals surface area contributed by atoms with Gasteiger partial charge in [-0.1, -0.05) is 19.9 Å². The first kappa shape index (κ1) is 26.8. The number of fused-ring (bicyclic) bond motifs is 2. The number of carbonyl (C=O) groups excluding carboxylic acids is 2. The van der Waals surface area contributed by atoms with Crippen LogP contribution in [0, 0.1) is 5.41 Å². The summed E-state index contributed by atoms with van der Waals surface area (Å²) in [6.07, 6.45) is 2.28. The lowest BCUT2D eigenvalue weighted by atomic mass is 9.85. The Labute approximate surface area is 228 Å². The van der Waals surface area contributed by atoms with Crippen LogP contribution in [0.2, 0.25) is 0 Å². The Kier molecular flexibility index (Phi) is 6.92. The Balaban J connectivity index is 1.45. The third-order valence-corrected chi connectivity index (χ3v) is 8.28. The van der Waals surface area contributed by atoms with E-state index in [-0.39, 0.29) is 18.5 Å². The number of nitrogens with one attached hydrogen (secondary N) is 3. The maximum atomic E-state index is 13.6. The van der Waals surface area contributed by atoms with Crippen molar-refractivity contribution in [2.45, 2.75) is 69.7 Å². The van der Waals surface area contributed by atoms with Crippen LogP contribution < -0.4 is 24.8 Å². The van der Waals surface area contributed by atoms with Gasteiger partial charge in [-0.25, -0.2) is 0 Å². The van der Waals surface area contributed by atoms with Crippen molar-refractivity contribution in [2.24, 2.45) is 0 Å². The van der Waals surface area contributed by atoms with Gasteiger partial charge in [0.2, 0.25) is 5.91 Å². The Morgan fingerprint density at radius 3 is 2.69 bits per heavy atom. The molecule has 0 spiro atoms. The van der Waals surface area contributed by atoms with Crippen molar-refractivity contribution in [1.82, 2.24) is 15.5 Å². The molecule has 1 saturated heterocycles. The third kappa shape index (κ3) is 4.67. The average Bonchev–Trinajstić information content (AvgIpc) is 2.93. The highest BCUT2D eigenvalue weighted by atomic mass is 16.5. The maximum absolute atomic E-state index is 13.6. The van der Waals surface area contributed by atoms with Gasteiger partial charge in [0.25, 0.3) is 5.91 Å². The molecule has 0 aromatic heterocycles. The molecule has 3 heterocycles. The van der Waals surface area contributed by atoms with Crippen LogP contribution in [-0.4, -0.2) is 59.2 Å². The molecule has 3 aliphatic heterocycles. The van der Waals surface area contributed by atoms with Gasteiger partial charge in [-0.3, -0.25) is 19.9 Å². The number of benzene rings is 2. The maximum Gasteiger partial charge on any atom is 0.251 e. The number of nitrogens with zero attached hydrogens (tertiary/aromatic N) is 1. The van der Waals surface area contributed by atoms with E-state index in [1.165, 1.54) is 12.0 Å². The topological polar surface area (TPSA) is 133 Å². The lowest BCUT2D eigenvalue weighted by molar-refractivity contribution is -0.133. The fraction of sp³-hybridized carbons (Fsp3) is 0.483. The molecule has 39 heavy (non-hydrogen) atoms. The van der Waals surface area contributed by atoms with Crippen molar-refractivity contribution in [3.63, 3.8) is 0 Å². The smallest absolute Gasteiger partial charge is 0.251 e. The van der Waals surface area contributed by atoms with Crippen LogP contribution in [0.3, 0.4) is 0 Å². The quantitative estimate of drug-likeness (QED) is 0.444. The Hall–Kier alpha value is -3.79. The predicted octanol–water partition coefficient (Wildman–Crippen LogP) is 3.45. The van der Waals surface area contributed by atoms with Gasteiger partial charge in [-0.2, -0.15) is 0 Å². The van der Waals surface area contributed by atoms with E-state index in [1.807, 2.05) is 13.8 Å². The third-order valence-electron chi connectivity index (χ3n) is 8.28. The monoisotopic (exact) mass is 536 g/mol.